The van der Waals surface area contributed by atoms with E-state index in [9.17, 15) is 17.6 Å². The van der Waals surface area contributed by atoms with Gasteiger partial charge in [-0.25, -0.2) is 4.39 Å². The molecule has 0 heterocycles. The van der Waals surface area contributed by atoms with Crippen molar-refractivity contribution in [3.63, 3.8) is 0 Å². The molecule has 0 bridgehead atoms. The maximum Gasteiger partial charge on any atom is 0.573 e. The lowest BCUT2D eigenvalue weighted by Gasteiger charge is -2.10. The van der Waals surface area contributed by atoms with Gasteiger partial charge in [-0.2, -0.15) is 0 Å². The summed E-state index contributed by atoms with van der Waals surface area (Å²) in [6.07, 6.45) is 0.415. The summed E-state index contributed by atoms with van der Waals surface area (Å²) < 4.78 is 53.6. The van der Waals surface area contributed by atoms with Crippen LogP contribution < -0.4 is 4.74 Å². The van der Waals surface area contributed by atoms with Crippen LogP contribution in [0.2, 0.25) is 0 Å². The fraction of sp³-hybridized carbons (Fsp3) is 0.0667. The van der Waals surface area contributed by atoms with Crippen molar-refractivity contribution in [3.8, 4) is 29.2 Å². The highest BCUT2D eigenvalue weighted by Crippen LogP contribution is 2.28. The predicted octanol–water partition coefficient (Wildman–Crippen LogP) is 4.37. The maximum absolute atomic E-state index is 13.4. The van der Waals surface area contributed by atoms with Crippen molar-refractivity contribution in [2.75, 3.05) is 0 Å². The molecular weight excluding hydrogens is 272 g/mol. The molecule has 2 aromatic carbocycles. The molecule has 20 heavy (non-hydrogen) atoms. The zero-order valence-corrected chi connectivity index (χ0v) is 10.0. The molecule has 0 spiro atoms. The molecule has 0 aliphatic heterocycles. The zero-order valence-electron chi connectivity index (χ0n) is 10.0. The van der Waals surface area contributed by atoms with Crippen LogP contribution in [0, 0.1) is 18.2 Å². The third kappa shape index (κ3) is 3.51. The van der Waals surface area contributed by atoms with Gasteiger partial charge in [-0.15, -0.1) is 19.6 Å². The Balaban J connectivity index is 2.41. The van der Waals surface area contributed by atoms with E-state index < -0.39 is 12.2 Å². The number of benzene rings is 2. The number of hydrogen-bond acceptors (Lipinski definition) is 1. The van der Waals surface area contributed by atoms with Gasteiger partial charge in [0.1, 0.15) is 11.6 Å². The van der Waals surface area contributed by atoms with Crippen molar-refractivity contribution in [2.45, 2.75) is 6.36 Å². The molecule has 0 unspecified atom stereocenters. The first-order valence-electron chi connectivity index (χ1n) is 5.51. The Morgan fingerprint density at radius 1 is 1.00 bits per heavy atom. The summed E-state index contributed by atoms with van der Waals surface area (Å²) in [6, 6.07) is 9.12. The van der Waals surface area contributed by atoms with Crippen molar-refractivity contribution in [2.24, 2.45) is 0 Å². The van der Waals surface area contributed by atoms with Gasteiger partial charge in [-0.3, -0.25) is 0 Å². The molecule has 0 amide bonds. The summed E-state index contributed by atoms with van der Waals surface area (Å²) in [5, 5.41) is 0. The van der Waals surface area contributed by atoms with Crippen molar-refractivity contribution in [3.05, 3.63) is 53.8 Å². The molecule has 5 heteroatoms. The molecule has 0 saturated heterocycles. The second kappa shape index (κ2) is 5.25. The van der Waals surface area contributed by atoms with Crippen LogP contribution >= 0.6 is 0 Å². The van der Waals surface area contributed by atoms with Crippen LogP contribution in [0.15, 0.2) is 42.5 Å². The van der Waals surface area contributed by atoms with Crippen LogP contribution in [-0.4, -0.2) is 6.36 Å². The topological polar surface area (TPSA) is 9.23 Å². The molecule has 0 N–H and O–H groups in total. The number of halogens is 4. The molecule has 0 aliphatic carbocycles. The predicted molar refractivity (Wildman–Crippen MR) is 66.5 cm³/mol. The minimum Gasteiger partial charge on any atom is -0.406 e. The quantitative estimate of drug-likeness (QED) is 0.586. The normalized spacial score (nSPS) is 10.9. The fourth-order valence-corrected chi connectivity index (χ4v) is 1.71. The number of terminal acetylenes is 1. The van der Waals surface area contributed by atoms with Gasteiger partial charge < -0.3 is 4.74 Å². The summed E-state index contributed by atoms with van der Waals surface area (Å²) in [5.41, 5.74) is 1.07. The van der Waals surface area contributed by atoms with Crippen molar-refractivity contribution < 1.29 is 22.3 Å². The SMILES string of the molecule is C#Cc1cc(F)cc(-c2cccc(OC(F)(F)F)c2)c1. The molecule has 0 radical (unpaired) electrons. The van der Waals surface area contributed by atoms with Crippen LogP contribution in [0.5, 0.6) is 5.75 Å². The molecule has 0 saturated carbocycles. The zero-order chi connectivity index (χ0) is 14.8. The standard InChI is InChI=1S/C15H8F4O/c1-2-10-6-12(8-13(16)7-10)11-4-3-5-14(9-11)20-15(17,18)19/h1,3-9H. The Kier molecular flexibility index (Phi) is 3.66. The van der Waals surface area contributed by atoms with Crippen LogP contribution in [0.4, 0.5) is 17.6 Å². The van der Waals surface area contributed by atoms with E-state index in [1.54, 1.807) is 0 Å². The number of rotatable bonds is 2. The van der Waals surface area contributed by atoms with Gasteiger partial charge in [0, 0.05) is 5.56 Å². The summed E-state index contributed by atoms with van der Waals surface area (Å²) in [5.74, 6) is 1.35. The van der Waals surface area contributed by atoms with E-state index in [0.29, 0.717) is 16.7 Å². The highest BCUT2D eigenvalue weighted by Gasteiger charge is 2.31. The van der Waals surface area contributed by atoms with Crippen molar-refractivity contribution in [1.29, 1.82) is 0 Å². The van der Waals surface area contributed by atoms with E-state index in [0.717, 1.165) is 0 Å². The Hall–Kier alpha value is -2.48. The van der Waals surface area contributed by atoms with Crippen molar-refractivity contribution >= 4 is 0 Å². The smallest absolute Gasteiger partial charge is 0.406 e. The number of alkyl halides is 3. The second-order valence-corrected chi connectivity index (χ2v) is 3.95. The summed E-state index contributed by atoms with van der Waals surface area (Å²) >= 11 is 0. The fourth-order valence-electron chi connectivity index (χ4n) is 1.71. The van der Waals surface area contributed by atoms with E-state index in [4.69, 9.17) is 6.42 Å². The summed E-state index contributed by atoms with van der Waals surface area (Å²) in [4.78, 5) is 0. The molecule has 2 aromatic rings. The van der Waals surface area contributed by atoms with Crippen LogP contribution in [0.25, 0.3) is 11.1 Å². The Labute approximate surface area is 112 Å². The Morgan fingerprint density at radius 2 is 1.75 bits per heavy atom. The van der Waals surface area contributed by atoms with E-state index >= 15 is 0 Å². The average molecular weight is 280 g/mol. The molecule has 0 aromatic heterocycles. The molecule has 102 valence electrons. The molecule has 0 atom stereocenters. The van der Waals surface area contributed by atoms with E-state index in [1.165, 1.54) is 42.5 Å². The van der Waals surface area contributed by atoms with Gasteiger partial charge in [-0.05, 0) is 41.5 Å². The van der Waals surface area contributed by atoms with Crippen LogP contribution in [0.1, 0.15) is 5.56 Å². The van der Waals surface area contributed by atoms with Gasteiger partial charge in [0.25, 0.3) is 0 Å². The van der Waals surface area contributed by atoms with E-state index in [2.05, 4.69) is 10.7 Å². The first kappa shape index (κ1) is 13.9. The first-order chi connectivity index (χ1) is 9.37. The molecule has 2 rings (SSSR count). The molecule has 1 nitrogen and oxygen atoms in total. The average Bonchev–Trinajstić information content (AvgIpc) is 2.36. The summed E-state index contributed by atoms with van der Waals surface area (Å²) in [6.45, 7) is 0. The van der Waals surface area contributed by atoms with Crippen LogP contribution in [-0.2, 0) is 0 Å². The Bertz CT molecular complexity index is 668. The molecular formula is C15H8F4O. The minimum absolute atomic E-state index is 0.308. The lowest BCUT2D eigenvalue weighted by atomic mass is 10.0. The lowest BCUT2D eigenvalue weighted by Crippen LogP contribution is -2.17. The monoisotopic (exact) mass is 280 g/mol. The maximum atomic E-state index is 13.4. The van der Waals surface area contributed by atoms with Crippen LogP contribution in [0.3, 0.4) is 0 Å². The largest absolute Gasteiger partial charge is 0.573 e. The second-order valence-electron chi connectivity index (χ2n) is 3.95. The molecule has 0 fully saturated rings. The minimum atomic E-state index is -4.77. The number of hydrogen-bond donors (Lipinski definition) is 0. The third-order valence-electron chi connectivity index (χ3n) is 2.47. The first-order valence-corrected chi connectivity index (χ1v) is 5.51. The Morgan fingerprint density at radius 3 is 2.40 bits per heavy atom. The highest BCUT2D eigenvalue weighted by atomic mass is 19.4. The van der Waals surface area contributed by atoms with E-state index in [1.807, 2.05) is 0 Å². The highest BCUT2D eigenvalue weighted by molar-refractivity contribution is 5.67. The van der Waals surface area contributed by atoms with Gasteiger partial charge >= 0.3 is 6.36 Å². The van der Waals surface area contributed by atoms with Gasteiger partial charge in [-0.1, -0.05) is 18.1 Å². The number of ether oxygens (including phenoxy) is 1. The third-order valence-corrected chi connectivity index (χ3v) is 2.47. The van der Waals surface area contributed by atoms with E-state index in [-0.39, 0.29) is 5.75 Å². The van der Waals surface area contributed by atoms with Crippen molar-refractivity contribution in [1.82, 2.24) is 0 Å². The summed E-state index contributed by atoms with van der Waals surface area (Å²) in [7, 11) is 0. The molecule has 0 aliphatic rings. The van der Waals surface area contributed by atoms with Gasteiger partial charge in [0.2, 0.25) is 0 Å². The van der Waals surface area contributed by atoms with Gasteiger partial charge in [0.15, 0.2) is 0 Å². The lowest BCUT2D eigenvalue weighted by molar-refractivity contribution is -0.274. The van der Waals surface area contributed by atoms with Gasteiger partial charge in [0.05, 0.1) is 0 Å².